The molecule has 0 aromatic rings. The maximum absolute atomic E-state index is 11.0. The lowest BCUT2D eigenvalue weighted by molar-refractivity contribution is -0.144. The molecule has 4 nitrogen and oxygen atoms in total. The number of hydrogen-bond donors (Lipinski definition) is 2. The number of rotatable bonds is 7. The van der Waals surface area contributed by atoms with E-state index in [4.69, 9.17) is 5.11 Å². The second-order valence-corrected chi connectivity index (χ2v) is 3.96. The molecule has 2 N–H and O–H groups in total. The summed E-state index contributed by atoms with van der Waals surface area (Å²) >= 11 is 0. The van der Waals surface area contributed by atoms with Crippen LogP contribution in [0, 0.1) is 5.92 Å². The van der Waals surface area contributed by atoms with Gasteiger partial charge in [-0.15, -0.1) is 0 Å². The summed E-state index contributed by atoms with van der Waals surface area (Å²) in [6.07, 6.45) is 0.976. The summed E-state index contributed by atoms with van der Waals surface area (Å²) in [5, 5.41) is 12.1. The van der Waals surface area contributed by atoms with Crippen LogP contribution >= 0.6 is 0 Å². The molecular weight excluding hydrogens is 180 g/mol. The average Bonchev–Trinajstić information content (AvgIpc) is 2.03. The molecular formula is C10H22N2O2. The highest BCUT2D eigenvalue weighted by molar-refractivity contribution is 5.73. The Kier molecular flexibility index (Phi) is 6.49. The normalized spacial score (nSPS) is 13.6. The van der Waals surface area contributed by atoms with Gasteiger partial charge in [0.1, 0.15) is 6.04 Å². The molecule has 0 aromatic heterocycles. The van der Waals surface area contributed by atoms with E-state index < -0.39 is 5.97 Å². The summed E-state index contributed by atoms with van der Waals surface area (Å²) in [6.45, 7) is 5.62. The van der Waals surface area contributed by atoms with Gasteiger partial charge in [-0.25, -0.2) is 0 Å². The third-order valence-electron chi connectivity index (χ3n) is 2.30. The average molecular weight is 202 g/mol. The Morgan fingerprint density at radius 3 is 2.43 bits per heavy atom. The summed E-state index contributed by atoms with van der Waals surface area (Å²) in [7, 11) is 3.77. The van der Waals surface area contributed by atoms with E-state index in [1.54, 1.807) is 0 Å². The third kappa shape index (κ3) is 4.58. The van der Waals surface area contributed by atoms with E-state index in [1.807, 2.05) is 32.8 Å². The third-order valence-corrected chi connectivity index (χ3v) is 2.30. The molecule has 0 spiro atoms. The first kappa shape index (κ1) is 13.4. The predicted octanol–water partition coefficient (Wildman–Crippen LogP) is 0.637. The van der Waals surface area contributed by atoms with Gasteiger partial charge < -0.3 is 10.4 Å². The summed E-state index contributed by atoms with van der Waals surface area (Å²) in [5.74, 6) is -0.584. The van der Waals surface area contributed by atoms with Crippen molar-refractivity contribution in [1.82, 2.24) is 10.2 Å². The van der Waals surface area contributed by atoms with Crippen LogP contribution in [0.1, 0.15) is 20.3 Å². The van der Waals surface area contributed by atoms with Gasteiger partial charge in [0.15, 0.2) is 0 Å². The van der Waals surface area contributed by atoms with E-state index >= 15 is 0 Å². The van der Waals surface area contributed by atoms with Crippen LogP contribution < -0.4 is 5.32 Å². The maximum Gasteiger partial charge on any atom is 0.321 e. The zero-order valence-electron chi connectivity index (χ0n) is 9.58. The van der Waals surface area contributed by atoms with E-state index in [2.05, 4.69) is 5.32 Å². The van der Waals surface area contributed by atoms with E-state index in [0.29, 0.717) is 0 Å². The molecule has 0 amide bonds. The molecule has 0 aliphatic rings. The lowest BCUT2D eigenvalue weighted by Crippen LogP contribution is -2.43. The highest BCUT2D eigenvalue weighted by Gasteiger charge is 2.25. The van der Waals surface area contributed by atoms with Crippen LogP contribution in [-0.2, 0) is 4.79 Å². The van der Waals surface area contributed by atoms with Crippen LogP contribution in [0.15, 0.2) is 0 Å². The molecule has 0 saturated carbocycles. The second-order valence-electron chi connectivity index (χ2n) is 3.96. The van der Waals surface area contributed by atoms with Gasteiger partial charge in [-0.05, 0) is 39.5 Å². The zero-order valence-corrected chi connectivity index (χ0v) is 9.58. The maximum atomic E-state index is 11.0. The van der Waals surface area contributed by atoms with Gasteiger partial charge in [-0.3, -0.25) is 9.69 Å². The number of nitrogens with zero attached hydrogens (tertiary/aromatic N) is 1. The highest BCUT2D eigenvalue weighted by atomic mass is 16.4. The van der Waals surface area contributed by atoms with Crippen molar-refractivity contribution in [2.75, 3.05) is 27.2 Å². The van der Waals surface area contributed by atoms with E-state index in [1.165, 1.54) is 0 Å². The number of aliphatic carboxylic acids is 1. The van der Waals surface area contributed by atoms with Gasteiger partial charge in [0.2, 0.25) is 0 Å². The van der Waals surface area contributed by atoms with E-state index in [9.17, 15) is 4.79 Å². The van der Waals surface area contributed by atoms with Crippen molar-refractivity contribution in [3.63, 3.8) is 0 Å². The molecule has 1 unspecified atom stereocenters. The zero-order chi connectivity index (χ0) is 11.1. The van der Waals surface area contributed by atoms with Gasteiger partial charge in [-0.2, -0.15) is 0 Å². The van der Waals surface area contributed by atoms with Crippen LogP contribution in [0.25, 0.3) is 0 Å². The summed E-state index contributed by atoms with van der Waals surface area (Å²) in [5.41, 5.74) is 0. The summed E-state index contributed by atoms with van der Waals surface area (Å²) < 4.78 is 0. The number of nitrogens with one attached hydrogen (secondary N) is 1. The molecule has 0 rings (SSSR count). The smallest absolute Gasteiger partial charge is 0.321 e. The molecule has 0 aliphatic heterocycles. The molecule has 84 valence electrons. The molecule has 4 heteroatoms. The number of carboxylic acids is 1. The fourth-order valence-electron chi connectivity index (χ4n) is 1.63. The molecule has 0 aromatic carbocycles. The van der Waals surface area contributed by atoms with Gasteiger partial charge in [0, 0.05) is 0 Å². The van der Waals surface area contributed by atoms with Gasteiger partial charge in [-0.1, -0.05) is 13.8 Å². The van der Waals surface area contributed by atoms with Gasteiger partial charge >= 0.3 is 5.97 Å². The Morgan fingerprint density at radius 2 is 2.07 bits per heavy atom. The minimum absolute atomic E-state index is 0.145. The first-order valence-electron chi connectivity index (χ1n) is 5.08. The minimum Gasteiger partial charge on any atom is -0.480 e. The molecule has 0 aliphatic carbocycles. The van der Waals surface area contributed by atoms with Gasteiger partial charge in [0.05, 0.1) is 0 Å². The molecule has 0 bridgehead atoms. The number of carboxylic acid groups (broad SMARTS) is 1. The molecule has 14 heavy (non-hydrogen) atoms. The van der Waals surface area contributed by atoms with E-state index in [0.717, 1.165) is 19.5 Å². The molecule has 0 fully saturated rings. The summed E-state index contributed by atoms with van der Waals surface area (Å²) in [4.78, 5) is 12.9. The number of carbonyl (C=O) groups is 1. The lowest BCUT2D eigenvalue weighted by Gasteiger charge is -2.27. The van der Waals surface area contributed by atoms with Crippen molar-refractivity contribution < 1.29 is 9.90 Å². The Balaban J connectivity index is 4.02. The van der Waals surface area contributed by atoms with E-state index in [-0.39, 0.29) is 12.0 Å². The Labute approximate surface area is 86.3 Å². The number of hydrogen-bond acceptors (Lipinski definition) is 3. The molecule has 0 heterocycles. The first-order chi connectivity index (χ1) is 6.50. The van der Waals surface area contributed by atoms with Gasteiger partial charge in [0.25, 0.3) is 0 Å². The highest BCUT2D eigenvalue weighted by Crippen LogP contribution is 2.09. The van der Waals surface area contributed by atoms with Crippen LogP contribution in [0.4, 0.5) is 0 Å². The van der Waals surface area contributed by atoms with Crippen LogP contribution in [0.3, 0.4) is 0 Å². The van der Waals surface area contributed by atoms with Crippen LogP contribution in [0.5, 0.6) is 0 Å². The monoisotopic (exact) mass is 202 g/mol. The van der Waals surface area contributed by atoms with Crippen molar-refractivity contribution >= 4 is 5.97 Å². The molecule has 0 saturated heterocycles. The van der Waals surface area contributed by atoms with Crippen molar-refractivity contribution in [2.24, 2.45) is 5.92 Å². The molecule has 0 radical (unpaired) electrons. The first-order valence-corrected chi connectivity index (χ1v) is 5.08. The SMILES string of the molecule is CNCCCN(C)C(C(=O)O)C(C)C. The van der Waals surface area contributed by atoms with Crippen LogP contribution in [0.2, 0.25) is 0 Å². The fraction of sp³-hybridized carbons (Fsp3) is 0.900. The minimum atomic E-state index is -0.730. The largest absolute Gasteiger partial charge is 0.480 e. The second kappa shape index (κ2) is 6.79. The predicted molar refractivity (Wildman–Crippen MR) is 57.4 cm³/mol. The van der Waals surface area contributed by atoms with Crippen LogP contribution in [-0.4, -0.2) is 49.2 Å². The molecule has 1 atom stereocenters. The quantitative estimate of drug-likeness (QED) is 0.595. The van der Waals surface area contributed by atoms with Crippen molar-refractivity contribution in [3.8, 4) is 0 Å². The topological polar surface area (TPSA) is 52.6 Å². The Bertz CT molecular complexity index is 172. The van der Waals surface area contributed by atoms with Crippen molar-refractivity contribution in [3.05, 3.63) is 0 Å². The summed E-state index contributed by atoms with van der Waals surface area (Å²) in [6, 6.07) is -0.369. The number of likely N-dealkylation sites (N-methyl/N-ethyl adjacent to an activating group) is 1. The standard InChI is InChI=1S/C10H22N2O2/c1-8(2)9(10(13)14)12(4)7-5-6-11-3/h8-9,11H,5-7H2,1-4H3,(H,13,14). The fourth-order valence-corrected chi connectivity index (χ4v) is 1.63. The Hall–Kier alpha value is -0.610. The lowest BCUT2D eigenvalue weighted by atomic mass is 10.0. The van der Waals surface area contributed by atoms with Crippen molar-refractivity contribution in [1.29, 1.82) is 0 Å². The Morgan fingerprint density at radius 1 is 1.50 bits per heavy atom. The van der Waals surface area contributed by atoms with Crippen molar-refractivity contribution in [2.45, 2.75) is 26.3 Å².